The lowest BCUT2D eigenvalue weighted by Gasteiger charge is -2.13. The van der Waals surface area contributed by atoms with E-state index in [4.69, 9.17) is 0 Å². The van der Waals surface area contributed by atoms with Gasteiger partial charge in [-0.05, 0) is 55.7 Å². The minimum absolute atomic E-state index is 0.0128. The molecular formula is C16H19FN4O2S. The van der Waals surface area contributed by atoms with Crippen molar-refractivity contribution in [3.8, 4) is 0 Å². The minimum Gasteiger partial charge on any atom is -0.366 e. The van der Waals surface area contributed by atoms with Gasteiger partial charge < -0.3 is 5.32 Å². The molecule has 2 aromatic rings. The van der Waals surface area contributed by atoms with Crippen molar-refractivity contribution in [2.75, 3.05) is 10.0 Å². The van der Waals surface area contributed by atoms with Crippen LogP contribution < -0.4 is 10.0 Å². The maximum absolute atomic E-state index is 13.1. The number of rotatable bonds is 5. The summed E-state index contributed by atoms with van der Waals surface area (Å²) >= 11 is 0. The number of hydrogen-bond acceptors (Lipinski definition) is 5. The SMILES string of the molecule is Cc1cc(F)ccc1S(=O)(=O)Nc1ccc(NC2CCCC2)nn1. The number of sulfonamides is 1. The van der Waals surface area contributed by atoms with Crippen LogP contribution in [0.1, 0.15) is 31.2 Å². The van der Waals surface area contributed by atoms with Gasteiger partial charge in [0.2, 0.25) is 0 Å². The molecular weight excluding hydrogens is 331 g/mol. The van der Waals surface area contributed by atoms with E-state index in [-0.39, 0.29) is 10.7 Å². The van der Waals surface area contributed by atoms with Crippen LogP contribution in [0.15, 0.2) is 35.2 Å². The first-order valence-corrected chi connectivity index (χ1v) is 9.31. The van der Waals surface area contributed by atoms with Crippen LogP contribution in [0, 0.1) is 12.7 Å². The predicted octanol–water partition coefficient (Wildman–Crippen LogP) is 3.08. The second kappa shape index (κ2) is 6.72. The number of halogens is 1. The van der Waals surface area contributed by atoms with Gasteiger partial charge in [-0.25, -0.2) is 12.8 Å². The van der Waals surface area contributed by atoms with Crippen LogP contribution in [-0.2, 0) is 10.0 Å². The third-order valence-corrected chi connectivity index (χ3v) is 5.55. The van der Waals surface area contributed by atoms with E-state index in [9.17, 15) is 12.8 Å². The highest BCUT2D eigenvalue weighted by Crippen LogP contribution is 2.22. The van der Waals surface area contributed by atoms with Gasteiger partial charge in [0.15, 0.2) is 5.82 Å². The molecule has 0 saturated heterocycles. The summed E-state index contributed by atoms with van der Waals surface area (Å²) in [6.45, 7) is 1.54. The van der Waals surface area contributed by atoms with Crippen LogP contribution in [0.3, 0.4) is 0 Å². The summed E-state index contributed by atoms with van der Waals surface area (Å²) in [7, 11) is -3.84. The van der Waals surface area contributed by atoms with Crippen molar-refractivity contribution in [3.05, 3.63) is 41.7 Å². The Balaban J connectivity index is 1.72. The fourth-order valence-corrected chi connectivity index (χ4v) is 4.07. The maximum Gasteiger partial charge on any atom is 0.263 e. The van der Waals surface area contributed by atoms with Crippen LogP contribution in [0.4, 0.5) is 16.0 Å². The molecule has 0 aliphatic heterocycles. The van der Waals surface area contributed by atoms with E-state index in [1.807, 2.05) is 0 Å². The van der Waals surface area contributed by atoms with Gasteiger partial charge in [0.05, 0.1) is 4.90 Å². The normalized spacial score (nSPS) is 15.4. The molecule has 1 aromatic heterocycles. The van der Waals surface area contributed by atoms with Crippen molar-refractivity contribution < 1.29 is 12.8 Å². The van der Waals surface area contributed by atoms with E-state index in [1.54, 1.807) is 12.1 Å². The molecule has 8 heteroatoms. The molecule has 6 nitrogen and oxygen atoms in total. The number of aromatic nitrogens is 2. The second-order valence-corrected chi connectivity index (χ2v) is 7.60. The highest BCUT2D eigenvalue weighted by atomic mass is 32.2. The van der Waals surface area contributed by atoms with Gasteiger partial charge in [-0.3, -0.25) is 4.72 Å². The van der Waals surface area contributed by atoms with E-state index in [0.717, 1.165) is 18.9 Å². The second-order valence-electron chi connectivity index (χ2n) is 5.94. The topological polar surface area (TPSA) is 84.0 Å². The van der Waals surface area contributed by atoms with Crippen LogP contribution in [0.2, 0.25) is 0 Å². The third kappa shape index (κ3) is 3.81. The summed E-state index contributed by atoms with van der Waals surface area (Å²) in [5, 5.41) is 11.2. The molecule has 0 atom stereocenters. The van der Waals surface area contributed by atoms with Gasteiger partial charge in [0, 0.05) is 6.04 Å². The number of nitrogens with one attached hydrogen (secondary N) is 2. The van der Waals surface area contributed by atoms with Crippen molar-refractivity contribution in [1.29, 1.82) is 0 Å². The van der Waals surface area contributed by atoms with E-state index < -0.39 is 15.8 Å². The zero-order chi connectivity index (χ0) is 17.2. The minimum atomic E-state index is -3.84. The molecule has 0 amide bonds. The van der Waals surface area contributed by atoms with Gasteiger partial charge in [-0.1, -0.05) is 12.8 Å². The zero-order valence-electron chi connectivity index (χ0n) is 13.3. The molecule has 1 fully saturated rings. The fourth-order valence-electron chi connectivity index (χ4n) is 2.85. The Hall–Kier alpha value is -2.22. The first-order chi connectivity index (χ1) is 11.4. The van der Waals surface area contributed by atoms with E-state index in [2.05, 4.69) is 20.2 Å². The molecule has 1 heterocycles. The number of benzene rings is 1. The Kier molecular flexibility index (Phi) is 4.66. The summed E-state index contributed by atoms with van der Waals surface area (Å²) in [5.74, 6) is 0.270. The zero-order valence-corrected chi connectivity index (χ0v) is 14.1. The lowest BCUT2D eigenvalue weighted by molar-refractivity contribution is 0.598. The quantitative estimate of drug-likeness (QED) is 0.866. The molecule has 0 spiro atoms. The van der Waals surface area contributed by atoms with Gasteiger partial charge in [-0.2, -0.15) is 0 Å². The predicted molar refractivity (Wildman–Crippen MR) is 89.9 cm³/mol. The smallest absolute Gasteiger partial charge is 0.263 e. The molecule has 0 radical (unpaired) electrons. The maximum atomic E-state index is 13.1. The van der Waals surface area contributed by atoms with E-state index >= 15 is 0 Å². The first kappa shape index (κ1) is 16.6. The van der Waals surface area contributed by atoms with Gasteiger partial charge >= 0.3 is 0 Å². The number of aryl methyl sites for hydroxylation is 1. The van der Waals surface area contributed by atoms with Crippen LogP contribution >= 0.6 is 0 Å². The molecule has 24 heavy (non-hydrogen) atoms. The monoisotopic (exact) mass is 350 g/mol. The molecule has 1 aromatic carbocycles. The molecule has 0 bridgehead atoms. The third-order valence-electron chi connectivity index (χ3n) is 4.04. The van der Waals surface area contributed by atoms with Crippen LogP contribution in [0.25, 0.3) is 0 Å². The first-order valence-electron chi connectivity index (χ1n) is 7.83. The standard InChI is InChI=1S/C16H19FN4O2S/c1-11-10-12(17)6-7-14(11)24(22,23)21-16-9-8-15(19-20-16)18-13-4-2-3-5-13/h6-10,13H,2-5H2,1H3,(H,18,19)(H,20,21). The largest absolute Gasteiger partial charge is 0.366 e. The van der Waals surface area contributed by atoms with Crippen molar-refractivity contribution >= 4 is 21.7 Å². The highest BCUT2D eigenvalue weighted by molar-refractivity contribution is 7.92. The average Bonchev–Trinajstić information content (AvgIpc) is 3.01. The van der Waals surface area contributed by atoms with Gasteiger partial charge in [-0.15, -0.1) is 10.2 Å². The lowest BCUT2D eigenvalue weighted by atomic mass is 10.2. The summed E-state index contributed by atoms with van der Waals surface area (Å²) in [5.41, 5.74) is 0.329. The molecule has 2 N–H and O–H groups in total. The van der Waals surface area contributed by atoms with Gasteiger partial charge in [0.25, 0.3) is 10.0 Å². The molecule has 128 valence electrons. The van der Waals surface area contributed by atoms with Gasteiger partial charge in [0.1, 0.15) is 11.6 Å². The Morgan fingerprint density at radius 1 is 1.08 bits per heavy atom. The van der Waals surface area contributed by atoms with Crippen molar-refractivity contribution in [1.82, 2.24) is 10.2 Å². The Morgan fingerprint density at radius 3 is 2.38 bits per heavy atom. The summed E-state index contributed by atoms with van der Waals surface area (Å²) in [6.07, 6.45) is 4.64. The van der Waals surface area contributed by atoms with Crippen LogP contribution in [0.5, 0.6) is 0 Å². The Morgan fingerprint density at radius 2 is 1.75 bits per heavy atom. The summed E-state index contributed by atoms with van der Waals surface area (Å²) in [4.78, 5) is 0.0128. The number of hydrogen-bond donors (Lipinski definition) is 2. The molecule has 1 aliphatic rings. The molecule has 1 saturated carbocycles. The number of anilines is 2. The van der Waals surface area contributed by atoms with E-state index in [1.165, 1.54) is 31.9 Å². The lowest BCUT2D eigenvalue weighted by Crippen LogP contribution is -2.18. The fraction of sp³-hybridized carbons (Fsp3) is 0.375. The number of nitrogens with zero attached hydrogens (tertiary/aromatic N) is 2. The van der Waals surface area contributed by atoms with Crippen molar-refractivity contribution in [2.45, 2.75) is 43.5 Å². The Labute approximate surface area is 140 Å². The van der Waals surface area contributed by atoms with Crippen LogP contribution in [-0.4, -0.2) is 24.7 Å². The highest BCUT2D eigenvalue weighted by Gasteiger charge is 2.19. The average molecular weight is 350 g/mol. The van der Waals surface area contributed by atoms with E-state index in [0.29, 0.717) is 17.4 Å². The summed E-state index contributed by atoms with van der Waals surface area (Å²) < 4.78 is 40.3. The molecule has 0 unspecified atom stereocenters. The van der Waals surface area contributed by atoms with Crippen molar-refractivity contribution in [3.63, 3.8) is 0 Å². The Bertz CT molecular complexity index is 818. The van der Waals surface area contributed by atoms with Crippen molar-refractivity contribution in [2.24, 2.45) is 0 Å². The molecule has 1 aliphatic carbocycles. The summed E-state index contributed by atoms with van der Waals surface area (Å²) in [6, 6.07) is 7.18. The molecule has 3 rings (SSSR count).